The second-order valence-electron chi connectivity index (χ2n) is 4.50. The Balaban J connectivity index is 1.97. The number of anilines is 1. The van der Waals surface area contributed by atoms with E-state index in [2.05, 4.69) is 10.6 Å². The molecule has 1 unspecified atom stereocenters. The van der Waals surface area contributed by atoms with Gasteiger partial charge in [0.25, 0.3) is 0 Å². The van der Waals surface area contributed by atoms with Crippen LogP contribution in [0.15, 0.2) is 42.5 Å². The molecule has 0 saturated heterocycles. The van der Waals surface area contributed by atoms with Gasteiger partial charge in [0.05, 0.1) is 6.04 Å². The van der Waals surface area contributed by atoms with Gasteiger partial charge in [-0.25, -0.2) is 13.2 Å². The molecule has 2 aromatic rings. The predicted molar refractivity (Wildman–Crippen MR) is 80.5 cm³/mol. The molecule has 1 atom stereocenters. The lowest BCUT2D eigenvalue weighted by atomic mass is 10.1. The van der Waals surface area contributed by atoms with E-state index in [0.717, 1.165) is 17.7 Å². The van der Waals surface area contributed by atoms with Crippen LogP contribution in [0.25, 0.3) is 0 Å². The van der Waals surface area contributed by atoms with Crippen LogP contribution in [0.1, 0.15) is 18.5 Å². The molecule has 0 fully saturated rings. The monoisotopic (exact) mass is 310 g/mol. The second kappa shape index (κ2) is 6.58. The minimum atomic E-state index is -0.950. The summed E-state index contributed by atoms with van der Waals surface area (Å²) in [5.74, 6) is -2.18. The van der Waals surface area contributed by atoms with Crippen LogP contribution in [0.3, 0.4) is 0 Å². The fourth-order valence-corrected chi connectivity index (χ4v) is 2.07. The van der Waals surface area contributed by atoms with E-state index in [1.165, 1.54) is 18.2 Å². The summed E-state index contributed by atoms with van der Waals surface area (Å²) in [6.07, 6.45) is 0. The molecule has 0 bridgehead atoms. The SMILES string of the molecule is CC(NC(=S)Nc1ccc(F)c(F)c1)c1ccc(F)cc1. The summed E-state index contributed by atoms with van der Waals surface area (Å²) in [6.45, 7) is 1.85. The van der Waals surface area contributed by atoms with E-state index in [-0.39, 0.29) is 17.0 Å². The molecule has 0 radical (unpaired) electrons. The third-order valence-electron chi connectivity index (χ3n) is 2.90. The van der Waals surface area contributed by atoms with Crippen molar-refractivity contribution in [3.63, 3.8) is 0 Å². The van der Waals surface area contributed by atoms with Gasteiger partial charge in [0.15, 0.2) is 16.7 Å². The largest absolute Gasteiger partial charge is 0.356 e. The maximum absolute atomic E-state index is 13.1. The predicted octanol–water partition coefficient (Wildman–Crippen LogP) is 4.15. The first-order chi connectivity index (χ1) is 9.95. The van der Waals surface area contributed by atoms with Crippen molar-refractivity contribution < 1.29 is 13.2 Å². The number of benzene rings is 2. The molecule has 0 amide bonds. The molecule has 2 rings (SSSR count). The van der Waals surface area contributed by atoms with E-state index in [1.54, 1.807) is 12.1 Å². The van der Waals surface area contributed by atoms with Crippen molar-refractivity contribution in [2.24, 2.45) is 0 Å². The smallest absolute Gasteiger partial charge is 0.171 e. The molecule has 6 heteroatoms. The Morgan fingerprint density at radius 3 is 2.29 bits per heavy atom. The van der Waals surface area contributed by atoms with Gasteiger partial charge in [-0.1, -0.05) is 12.1 Å². The topological polar surface area (TPSA) is 24.1 Å². The minimum absolute atomic E-state index is 0.157. The molecule has 0 aromatic heterocycles. The average molecular weight is 310 g/mol. The Hall–Kier alpha value is -2.08. The van der Waals surface area contributed by atoms with Crippen molar-refractivity contribution in [2.75, 3.05) is 5.32 Å². The van der Waals surface area contributed by atoms with E-state index < -0.39 is 11.6 Å². The van der Waals surface area contributed by atoms with Crippen LogP contribution in [-0.4, -0.2) is 5.11 Å². The summed E-state index contributed by atoms with van der Waals surface area (Å²) in [5.41, 5.74) is 1.20. The van der Waals surface area contributed by atoms with E-state index in [4.69, 9.17) is 12.2 Å². The van der Waals surface area contributed by atoms with Gasteiger partial charge in [-0.15, -0.1) is 0 Å². The zero-order valence-corrected chi connectivity index (χ0v) is 12.0. The normalized spacial score (nSPS) is 11.8. The maximum Gasteiger partial charge on any atom is 0.171 e. The van der Waals surface area contributed by atoms with Crippen LogP contribution in [-0.2, 0) is 0 Å². The fourth-order valence-electron chi connectivity index (χ4n) is 1.77. The highest BCUT2D eigenvalue weighted by molar-refractivity contribution is 7.80. The first-order valence-corrected chi connectivity index (χ1v) is 6.64. The zero-order chi connectivity index (χ0) is 15.4. The third-order valence-corrected chi connectivity index (χ3v) is 3.11. The second-order valence-corrected chi connectivity index (χ2v) is 4.91. The number of rotatable bonds is 3. The summed E-state index contributed by atoms with van der Waals surface area (Å²) in [4.78, 5) is 0. The number of hydrogen-bond acceptors (Lipinski definition) is 1. The third kappa shape index (κ3) is 4.19. The maximum atomic E-state index is 13.1. The van der Waals surface area contributed by atoms with Crippen LogP contribution in [0.4, 0.5) is 18.9 Å². The Morgan fingerprint density at radius 2 is 1.67 bits per heavy atom. The lowest BCUT2D eigenvalue weighted by molar-refractivity contribution is 0.509. The van der Waals surface area contributed by atoms with Crippen molar-refractivity contribution in [3.8, 4) is 0 Å². The lowest BCUT2D eigenvalue weighted by Gasteiger charge is -2.17. The van der Waals surface area contributed by atoms with Gasteiger partial charge >= 0.3 is 0 Å². The molecule has 0 aliphatic carbocycles. The summed E-state index contributed by atoms with van der Waals surface area (Å²) in [5, 5.41) is 6.00. The van der Waals surface area contributed by atoms with Gasteiger partial charge < -0.3 is 10.6 Å². The van der Waals surface area contributed by atoms with Gasteiger partial charge in [0.1, 0.15) is 5.82 Å². The molecule has 0 aliphatic rings. The highest BCUT2D eigenvalue weighted by atomic mass is 32.1. The van der Waals surface area contributed by atoms with E-state index in [0.29, 0.717) is 5.69 Å². The van der Waals surface area contributed by atoms with Gasteiger partial charge in [-0.3, -0.25) is 0 Å². The van der Waals surface area contributed by atoms with E-state index >= 15 is 0 Å². The first-order valence-electron chi connectivity index (χ1n) is 6.24. The van der Waals surface area contributed by atoms with Gasteiger partial charge in [-0.05, 0) is 49.0 Å². The van der Waals surface area contributed by atoms with Crippen LogP contribution in [0.2, 0.25) is 0 Å². The van der Waals surface area contributed by atoms with E-state index in [1.807, 2.05) is 6.92 Å². The highest BCUT2D eigenvalue weighted by Gasteiger charge is 2.08. The molecule has 0 aliphatic heterocycles. The van der Waals surface area contributed by atoms with E-state index in [9.17, 15) is 13.2 Å². The van der Waals surface area contributed by atoms with Gasteiger partial charge in [0, 0.05) is 11.8 Å². The Morgan fingerprint density at radius 1 is 1.00 bits per heavy atom. The van der Waals surface area contributed by atoms with Crippen LogP contribution < -0.4 is 10.6 Å². The molecule has 2 aromatic carbocycles. The Labute approximate surface area is 126 Å². The Bertz CT molecular complexity index is 644. The molecule has 110 valence electrons. The standard InChI is InChI=1S/C15H13F3N2S/c1-9(10-2-4-11(16)5-3-10)19-15(21)20-12-6-7-13(17)14(18)8-12/h2-9H,1H3,(H2,19,20,21). The molecular weight excluding hydrogens is 297 g/mol. The van der Waals surface area contributed by atoms with Crippen LogP contribution in [0, 0.1) is 17.5 Å². The summed E-state index contributed by atoms with van der Waals surface area (Å²) in [6, 6.07) is 9.28. The van der Waals surface area contributed by atoms with Crippen molar-refractivity contribution in [1.82, 2.24) is 5.32 Å². The van der Waals surface area contributed by atoms with Crippen LogP contribution in [0.5, 0.6) is 0 Å². The quantitative estimate of drug-likeness (QED) is 0.833. The minimum Gasteiger partial charge on any atom is -0.356 e. The highest BCUT2D eigenvalue weighted by Crippen LogP contribution is 2.15. The molecule has 0 heterocycles. The van der Waals surface area contributed by atoms with Crippen molar-refractivity contribution in [3.05, 3.63) is 65.5 Å². The summed E-state index contributed by atoms with van der Waals surface area (Å²) >= 11 is 5.10. The molecule has 0 saturated carbocycles. The number of hydrogen-bond donors (Lipinski definition) is 2. The zero-order valence-electron chi connectivity index (χ0n) is 11.2. The Kier molecular flexibility index (Phi) is 4.80. The summed E-state index contributed by atoms with van der Waals surface area (Å²) < 4.78 is 38.7. The number of thiocarbonyl (C=S) groups is 1. The van der Waals surface area contributed by atoms with Crippen molar-refractivity contribution in [2.45, 2.75) is 13.0 Å². The van der Waals surface area contributed by atoms with Crippen molar-refractivity contribution >= 4 is 23.0 Å². The first kappa shape index (κ1) is 15.3. The fraction of sp³-hybridized carbons (Fsp3) is 0.133. The molecule has 21 heavy (non-hydrogen) atoms. The van der Waals surface area contributed by atoms with Crippen molar-refractivity contribution in [1.29, 1.82) is 0 Å². The van der Waals surface area contributed by atoms with Gasteiger partial charge in [0.2, 0.25) is 0 Å². The number of nitrogens with one attached hydrogen (secondary N) is 2. The summed E-state index contributed by atoms with van der Waals surface area (Å²) in [7, 11) is 0. The average Bonchev–Trinajstić information content (AvgIpc) is 2.43. The van der Waals surface area contributed by atoms with Gasteiger partial charge in [-0.2, -0.15) is 0 Å². The number of halogens is 3. The lowest BCUT2D eigenvalue weighted by Crippen LogP contribution is -2.30. The molecule has 2 N–H and O–H groups in total. The van der Waals surface area contributed by atoms with Crippen LogP contribution >= 0.6 is 12.2 Å². The molecule has 2 nitrogen and oxygen atoms in total. The molecular formula is C15H13F3N2S. The molecule has 0 spiro atoms.